The zero-order valence-electron chi connectivity index (χ0n) is 4.37. The van der Waals surface area contributed by atoms with Gasteiger partial charge in [-0.25, -0.2) is 4.57 Å². The molecule has 0 atom stereocenters. The second kappa shape index (κ2) is 2.31. The maximum Gasteiger partial charge on any atom is 0.524 e. The molecule has 8 heavy (non-hydrogen) atoms. The van der Waals surface area contributed by atoms with Gasteiger partial charge in [0, 0.05) is 0 Å². The van der Waals surface area contributed by atoms with E-state index in [-0.39, 0.29) is 5.76 Å². The van der Waals surface area contributed by atoms with Gasteiger partial charge in [-0.3, -0.25) is 9.79 Å². The van der Waals surface area contributed by atoms with Crippen LogP contribution in [0.25, 0.3) is 0 Å². The van der Waals surface area contributed by atoms with Gasteiger partial charge in [0.1, 0.15) is 0 Å². The Hall–Kier alpha value is -0.310. The molecule has 0 unspecified atom stereocenters. The van der Waals surface area contributed by atoms with Crippen molar-refractivity contribution in [3.8, 4) is 0 Å². The van der Waals surface area contributed by atoms with E-state index in [0.29, 0.717) is 0 Å². The summed E-state index contributed by atoms with van der Waals surface area (Å²) < 4.78 is 13.8. The van der Waals surface area contributed by atoms with Crippen molar-refractivity contribution in [3.05, 3.63) is 12.3 Å². The Bertz CT molecular complexity index is 134. The second-order valence-electron chi connectivity index (χ2n) is 1.28. The third kappa shape index (κ3) is 5.69. The number of hydrogen-bond donors (Lipinski definition) is 2. The summed E-state index contributed by atoms with van der Waals surface area (Å²) in [6.07, 6.45) is 0. The quantitative estimate of drug-likeness (QED) is 0.433. The van der Waals surface area contributed by atoms with E-state index in [4.69, 9.17) is 9.79 Å². The minimum Gasteiger partial charge on any atom is -0.410 e. The van der Waals surface area contributed by atoms with Crippen molar-refractivity contribution >= 4 is 7.82 Å². The molecule has 0 rings (SSSR count). The van der Waals surface area contributed by atoms with Gasteiger partial charge in [0.2, 0.25) is 0 Å². The molecule has 0 radical (unpaired) electrons. The molecule has 0 aromatic rings. The van der Waals surface area contributed by atoms with Crippen LogP contribution in [-0.2, 0) is 9.09 Å². The number of phosphoric ester groups is 1. The van der Waals surface area contributed by atoms with E-state index in [0.717, 1.165) is 0 Å². The summed E-state index contributed by atoms with van der Waals surface area (Å²) in [6, 6.07) is 0. The second-order valence-corrected chi connectivity index (χ2v) is 2.45. The van der Waals surface area contributed by atoms with Crippen LogP contribution < -0.4 is 0 Å². The molecule has 0 aromatic carbocycles. The molecule has 0 aliphatic rings. The van der Waals surface area contributed by atoms with Gasteiger partial charge in [0.25, 0.3) is 0 Å². The molecule has 0 aliphatic heterocycles. The summed E-state index contributed by atoms with van der Waals surface area (Å²) in [5.74, 6) is 0.0123. The molecule has 0 bridgehead atoms. The highest BCUT2D eigenvalue weighted by atomic mass is 31.2. The minimum absolute atomic E-state index is 0.0123. The van der Waals surface area contributed by atoms with Crippen LogP contribution >= 0.6 is 7.82 Å². The molecule has 0 spiro atoms. The first-order valence-electron chi connectivity index (χ1n) is 1.82. The Kier molecular flexibility index (Phi) is 2.22. The van der Waals surface area contributed by atoms with Gasteiger partial charge in [-0.05, 0) is 6.92 Å². The zero-order chi connectivity index (χ0) is 6.78. The van der Waals surface area contributed by atoms with E-state index in [1.807, 2.05) is 0 Å². The van der Waals surface area contributed by atoms with Crippen molar-refractivity contribution in [2.24, 2.45) is 0 Å². The van der Waals surface area contributed by atoms with Crippen molar-refractivity contribution < 1.29 is 18.9 Å². The van der Waals surface area contributed by atoms with Crippen LogP contribution in [0.15, 0.2) is 12.3 Å². The number of allylic oxidation sites excluding steroid dienone is 1. The van der Waals surface area contributed by atoms with Gasteiger partial charge in [-0.2, -0.15) is 0 Å². The smallest absolute Gasteiger partial charge is 0.410 e. The van der Waals surface area contributed by atoms with Crippen LogP contribution in [0.5, 0.6) is 0 Å². The Balaban J connectivity index is 3.74. The molecule has 5 heteroatoms. The molecular formula is C3H7O4P. The summed E-state index contributed by atoms with van der Waals surface area (Å²) in [5.41, 5.74) is 0. The Morgan fingerprint density at radius 2 is 2.12 bits per heavy atom. The first kappa shape index (κ1) is 7.69. The monoisotopic (exact) mass is 138 g/mol. The average molecular weight is 138 g/mol. The Morgan fingerprint density at radius 3 is 2.12 bits per heavy atom. The molecule has 0 fully saturated rings. The maximum atomic E-state index is 9.85. The van der Waals surface area contributed by atoms with Gasteiger partial charge in [-0.15, -0.1) is 0 Å². The largest absolute Gasteiger partial charge is 0.524 e. The fourth-order valence-electron chi connectivity index (χ4n) is 0.203. The van der Waals surface area contributed by atoms with Gasteiger partial charge in [-0.1, -0.05) is 6.58 Å². The fourth-order valence-corrected chi connectivity index (χ4v) is 0.609. The van der Waals surface area contributed by atoms with Crippen molar-refractivity contribution in [2.45, 2.75) is 6.92 Å². The standard InChI is InChI=1S/C3H7O4P/c1-3(2)7-8(4,5)6/h1H2,2H3,(H2,4,5,6). The Labute approximate surface area is 47.0 Å². The van der Waals surface area contributed by atoms with E-state index in [9.17, 15) is 4.57 Å². The lowest BCUT2D eigenvalue weighted by Crippen LogP contribution is -1.82. The molecule has 4 nitrogen and oxygen atoms in total. The minimum atomic E-state index is -4.32. The predicted octanol–water partition coefficient (Wildman–Crippen LogP) is 0.629. The molecule has 0 amide bonds. The van der Waals surface area contributed by atoms with Crippen LogP contribution in [0.1, 0.15) is 6.92 Å². The van der Waals surface area contributed by atoms with Crippen LogP contribution in [0, 0.1) is 0 Å². The zero-order valence-corrected chi connectivity index (χ0v) is 5.26. The first-order chi connectivity index (χ1) is 3.42. The third-order valence-corrected chi connectivity index (χ3v) is 0.824. The van der Waals surface area contributed by atoms with Crippen molar-refractivity contribution in [1.82, 2.24) is 0 Å². The maximum absolute atomic E-state index is 9.85. The first-order valence-corrected chi connectivity index (χ1v) is 3.35. The van der Waals surface area contributed by atoms with Crippen LogP contribution in [0.3, 0.4) is 0 Å². The van der Waals surface area contributed by atoms with E-state index in [1.165, 1.54) is 6.92 Å². The SMILES string of the molecule is C=C(C)OP(=O)(O)O. The molecule has 0 heterocycles. The lowest BCUT2D eigenvalue weighted by Gasteiger charge is -2.03. The van der Waals surface area contributed by atoms with Crippen LogP contribution in [0.2, 0.25) is 0 Å². The Morgan fingerprint density at radius 1 is 1.75 bits per heavy atom. The lowest BCUT2D eigenvalue weighted by atomic mass is 10.7. The summed E-state index contributed by atoms with van der Waals surface area (Å²) >= 11 is 0. The summed E-state index contributed by atoms with van der Waals surface area (Å²) in [6.45, 7) is 4.49. The van der Waals surface area contributed by atoms with Crippen LogP contribution in [0.4, 0.5) is 0 Å². The highest BCUT2D eigenvalue weighted by Gasteiger charge is 2.13. The molecule has 2 N–H and O–H groups in total. The average Bonchev–Trinajstić information content (AvgIpc) is 1.21. The topological polar surface area (TPSA) is 66.8 Å². The third-order valence-electron chi connectivity index (χ3n) is 0.275. The van der Waals surface area contributed by atoms with Gasteiger partial charge < -0.3 is 4.52 Å². The molecule has 0 saturated carbocycles. The normalized spacial score (nSPS) is 10.9. The fraction of sp³-hybridized carbons (Fsp3) is 0.333. The van der Waals surface area contributed by atoms with E-state index in [1.54, 1.807) is 0 Å². The molecule has 48 valence electrons. The summed E-state index contributed by atoms with van der Waals surface area (Å²) in [5, 5.41) is 0. The molecule has 0 aromatic heterocycles. The van der Waals surface area contributed by atoms with Gasteiger partial charge >= 0.3 is 7.82 Å². The highest BCUT2D eigenvalue weighted by Crippen LogP contribution is 2.37. The van der Waals surface area contributed by atoms with Crippen molar-refractivity contribution in [2.75, 3.05) is 0 Å². The summed E-state index contributed by atoms with van der Waals surface area (Å²) in [4.78, 5) is 16.0. The number of rotatable bonds is 2. The van der Waals surface area contributed by atoms with Crippen LogP contribution in [-0.4, -0.2) is 9.79 Å². The van der Waals surface area contributed by atoms with Crippen molar-refractivity contribution in [3.63, 3.8) is 0 Å². The summed E-state index contributed by atoms with van der Waals surface area (Å²) in [7, 11) is -4.32. The van der Waals surface area contributed by atoms with E-state index >= 15 is 0 Å². The lowest BCUT2D eigenvalue weighted by molar-refractivity contribution is 0.244. The predicted molar refractivity (Wildman–Crippen MR) is 27.9 cm³/mol. The number of phosphoric acid groups is 1. The molecule has 0 saturated heterocycles. The molecular weight excluding hydrogens is 131 g/mol. The van der Waals surface area contributed by atoms with E-state index in [2.05, 4.69) is 11.1 Å². The van der Waals surface area contributed by atoms with Crippen molar-refractivity contribution in [1.29, 1.82) is 0 Å². The highest BCUT2D eigenvalue weighted by molar-refractivity contribution is 7.46. The molecule has 0 aliphatic carbocycles. The van der Waals surface area contributed by atoms with Gasteiger partial charge in [0.15, 0.2) is 0 Å². The van der Waals surface area contributed by atoms with E-state index < -0.39 is 7.82 Å². The van der Waals surface area contributed by atoms with Gasteiger partial charge in [0.05, 0.1) is 5.76 Å². The number of hydrogen-bond acceptors (Lipinski definition) is 2.